The average Bonchev–Trinajstić information content (AvgIpc) is 2.83. The number of nitrogens with one attached hydrogen (secondary N) is 1. The summed E-state index contributed by atoms with van der Waals surface area (Å²) in [6, 6.07) is 12.2. The van der Waals surface area contributed by atoms with Crippen LogP contribution in [0.25, 0.3) is 10.9 Å². The fourth-order valence-electron chi connectivity index (χ4n) is 3.25. The third-order valence-corrected chi connectivity index (χ3v) is 4.63. The molecule has 24 heavy (non-hydrogen) atoms. The molecule has 0 atom stereocenters. The van der Waals surface area contributed by atoms with Gasteiger partial charge in [0.2, 0.25) is 0 Å². The van der Waals surface area contributed by atoms with Gasteiger partial charge in [0.15, 0.2) is 0 Å². The van der Waals surface area contributed by atoms with E-state index < -0.39 is 5.97 Å². The molecule has 0 aliphatic heterocycles. The molecule has 4 heteroatoms. The number of aliphatic carboxylic acids is 1. The highest BCUT2D eigenvalue weighted by Gasteiger charge is 2.13. The largest absolute Gasteiger partial charge is 0.481 e. The maximum absolute atomic E-state index is 10.9. The molecule has 0 aliphatic carbocycles. The zero-order valence-electron chi connectivity index (χ0n) is 13.8. The summed E-state index contributed by atoms with van der Waals surface area (Å²) < 4.78 is 0. The Labute approximate surface area is 146 Å². The van der Waals surface area contributed by atoms with Gasteiger partial charge in [-0.2, -0.15) is 0 Å². The highest BCUT2D eigenvalue weighted by molar-refractivity contribution is 6.30. The first-order chi connectivity index (χ1) is 11.4. The van der Waals surface area contributed by atoms with Crippen LogP contribution < -0.4 is 0 Å². The molecule has 0 unspecified atom stereocenters. The molecule has 3 rings (SSSR count). The molecule has 124 valence electrons. The number of H-pyrrole nitrogens is 1. The van der Waals surface area contributed by atoms with Crippen molar-refractivity contribution in [2.24, 2.45) is 0 Å². The van der Waals surface area contributed by atoms with Crippen molar-refractivity contribution >= 4 is 28.5 Å². The number of carboxylic acid groups (broad SMARTS) is 1. The zero-order chi connectivity index (χ0) is 17.3. The summed E-state index contributed by atoms with van der Waals surface area (Å²) in [5.41, 5.74) is 6.89. The van der Waals surface area contributed by atoms with Crippen LogP contribution in [0, 0.1) is 13.8 Å². The number of aromatic amines is 1. The van der Waals surface area contributed by atoms with Crippen molar-refractivity contribution < 1.29 is 9.90 Å². The Morgan fingerprint density at radius 2 is 1.88 bits per heavy atom. The number of benzene rings is 2. The van der Waals surface area contributed by atoms with Gasteiger partial charge < -0.3 is 10.1 Å². The average molecular weight is 342 g/mol. The van der Waals surface area contributed by atoms with Crippen LogP contribution in [0.4, 0.5) is 0 Å². The Kier molecular flexibility index (Phi) is 4.63. The maximum Gasteiger partial charge on any atom is 0.303 e. The number of carbonyl (C=O) groups is 1. The summed E-state index contributed by atoms with van der Waals surface area (Å²) in [6.07, 6.45) is 1.49. The normalized spacial score (nSPS) is 11.1. The summed E-state index contributed by atoms with van der Waals surface area (Å²) >= 11 is 5.97. The van der Waals surface area contributed by atoms with Crippen LogP contribution in [-0.4, -0.2) is 16.1 Å². The second-order valence-corrected chi connectivity index (χ2v) is 6.71. The Morgan fingerprint density at radius 1 is 1.17 bits per heavy atom. The molecule has 2 N–H and O–H groups in total. The van der Waals surface area contributed by atoms with Crippen LogP contribution in [0.15, 0.2) is 36.4 Å². The van der Waals surface area contributed by atoms with E-state index in [2.05, 4.69) is 31.0 Å². The minimum Gasteiger partial charge on any atom is -0.481 e. The molecule has 0 spiro atoms. The standard InChI is InChI=1S/C20H20ClNO2/c1-12-9-15(11-14-3-5-16(21)6-4-14)20-13(2)17(7-8-19(23)24)22-18(20)10-12/h3-6,9-10,22H,7-8,11H2,1-2H3,(H,23,24). The number of carboxylic acids is 1. The van der Waals surface area contributed by atoms with E-state index >= 15 is 0 Å². The van der Waals surface area contributed by atoms with Gasteiger partial charge in [0.05, 0.1) is 6.42 Å². The van der Waals surface area contributed by atoms with Gasteiger partial charge in [0, 0.05) is 21.6 Å². The number of fused-ring (bicyclic) bond motifs is 1. The molecular weight excluding hydrogens is 322 g/mol. The number of rotatable bonds is 5. The second kappa shape index (κ2) is 6.70. The van der Waals surface area contributed by atoms with Crippen LogP contribution in [0.1, 0.15) is 34.4 Å². The van der Waals surface area contributed by atoms with E-state index in [-0.39, 0.29) is 6.42 Å². The molecule has 0 radical (unpaired) electrons. The molecule has 0 aliphatic rings. The number of aromatic nitrogens is 1. The van der Waals surface area contributed by atoms with Crippen LogP contribution in [0.3, 0.4) is 0 Å². The second-order valence-electron chi connectivity index (χ2n) is 6.27. The van der Waals surface area contributed by atoms with Crippen LogP contribution in [0.5, 0.6) is 0 Å². The first-order valence-corrected chi connectivity index (χ1v) is 8.38. The number of aryl methyl sites for hydroxylation is 3. The van der Waals surface area contributed by atoms with E-state index in [1.807, 2.05) is 24.3 Å². The molecule has 0 saturated heterocycles. The summed E-state index contributed by atoms with van der Waals surface area (Å²) in [5.74, 6) is -0.773. The monoisotopic (exact) mass is 341 g/mol. The quantitative estimate of drug-likeness (QED) is 0.682. The van der Waals surface area contributed by atoms with Crippen LogP contribution in [0.2, 0.25) is 5.02 Å². The van der Waals surface area contributed by atoms with Crippen LogP contribution >= 0.6 is 11.6 Å². The highest BCUT2D eigenvalue weighted by atomic mass is 35.5. The van der Waals surface area contributed by atoms with Crippen LogP contribution in [-0.2, 0) is 17.6 Å². The van der Waals surface area contributed by atoms with Crippen molar-refractivity contribution in [2.75, 3.05) is 0 Å². The predicted octanol–water partition coefficient (Wildman–Crippen LogP) is 5.05. The van der Waals surface area contributed by atoms with E-state index in [1.165, 1.54) is 22.1 Å². The van der Waals surface area contributed by atoms with Gasteiger partial charge in [-0.05, 0) is 67.1 Å². The lowest BCUT2D eigenvalue weighted by Crippen LogP contribution is -1.98. The molecule has 0 amide bonds. The third kappa shape index (κ3) is 3.46. The lowest BCUT2D eigenvalue weighted by molar-refractivity contribution is -0.136. The summed E-state index contributed by atoms with van der Waals surface area (Å²) in [4.78, 5) is 14.3. The molecular formula is C20H20ClNO2. The Bertz CT molecular complexity index is 894. The minimum atomic E-state index is -0.773. The maximum atomic E-state index is 10.9. The molecule has 1 heterocycles. The van der Waals surface area contributed by atoms with Crippen molar-refractivity contribution in [3.8, 4) is 0 Å². The van der Waals surface area contributed by atoms with Crippen molar-refractivity contribution in [3.05, 3.63) is 69.4 Å². The summed E-state index contributed by atoms with van der Waals surface area (Å²) in [7, 11) is 0. The zero-order valence-corrected chi connectivity index (χ0v) is 14.6. The summed E-state index contributed by atoms with van der Waals surface area (Å²) in [5, 5.41) is 10.9. The van der Waals surface area contributed by atoms with E-state index in [0.717, 1.165) is 28.2 Å². The minimum absolute atomic E-state index is 0.138. The molecule has 3 nitrogen and oxygen atoms in total. The summed E-state index contributed by atoms with van der Waals surface area (Å²) in [6.45, 7) is 4.15. The smallest absolute Gasteiger partial charge is 0.303 e. The number of hydrogen-bond donors (Lipinski definition) is 2. The Morgan fingerprint density at radius 3 is 2.54 bits per heavy atom. The van der Waals surface area contributed by atoms with E-state index in [1.54, 1.807) is 0 Å². The molecule has 1 aromatic heterocycles. The number of halogens is 1. The third-order valence-electron chi connectivity index (χ3n) is 4.37. The topological polar surface area (TPSA) is 53.1 Å². The molecule has 0 saturated carbocycles. The SMILES string of the molecule is Cc1cc(Cc2ccc(Cl)cc2)c2c(C)c(CCC(=O)O)[nH]c2c1. The van der Waals surface area contributed by atoms with Crippen molar-refractivity contribution in [1.82, 2.24) is 4.98 Å². The fraction of sp³-hybridized carbons (Fsp3) is 0.250. The van der Waals surface area contributed by atoms with Gasteiger partial charge in [0.25, 0.3) is 0 Å². The van der Waals surface area contributed by atoms with Crippen molar-refractivity contribution in [2.45, 2.75) is 33.1 Å². The van der Waals surface area contributed by atoms with E-state index in [9.17, 15) is 4.79 Å². The first-order valence-electron chi connectivity index (χ1n) is 8.01. The predicted molar refractivity (Wildman–Crippen MR) is 98.0 cm³/mol. The molecule has 2 aromatic carbocycles. The van der Waals surface area contributed by atoms with E-state index in [0.29, 0.717) is 6.42 Å². The lowest BCUT2D eigenvalue weighted by Gasteiger charge is -2.07. The lowest BCUT2D eigenvalue weighted by atomic mass is 9.97. The Balaban J connectivity index is 2.03. The van der Waals surface area contributed by atoms with Gasteiger partial charge in [-0.25, -0.2) is 0 Å². The first kappa shape index (κ1) is 16.6. The van der Waals surface area contributed by atoms with Gasteiger partial charge in [-0.15, -0.1) is 0 Å². The van der Waals surface area contributed by atoms with Gasteiger partial charge in [0.1, 0.15) is 0 Å². The fourth-order valence-corrected chi connectivity index (χ4v) is 3.38. The van der Waals surface area contributed by atoms with Crippen molar-refractivity contribution in [3.63, 3.8) is 0 Å². The van der Waals surface area contributed by atoms with Gasteiger partial charge >= 0.3 is 5.97 Å². The molecule has 0 bridgehead atoms. The van der Waals surface area contributed by atoms with Gasteiger partial charge in [-0.1, -0.05) is 29.8 Å². The molecule has 3 aromatic rings. The van der Waals surface area contributed by atoms with Crippen molar-refractivity contribution in [1.29, 1.82) is 0 Å². The Hall–Kier alpha value is -2.26. The number of hydrogen-bond acceptors (Lipinski definition) is 1. The highest BCUT2D eigenvalue weighted by Crippen LogP contribution is 2.29. The molecule has 0 fully saturated rings. The van der Waals surface area contributed by atoms with E-state index in [4.69, 9.17) is 16.7 Å². The van der Waals surface area contributed by atoms with Gasteiger partial charge in [-0.3, -0.25) is 4.79 Å².